The summed E-state index contributed by atoms with van der Waals surface area (Å²) >= 11 is 5.92. The van der Waals surface area contributed by atoms with Crippen molar-refractivity contribution in [1.29, 1.82) is 0 Å². The minimum Gasteiger partial charge on any atom is -0.329 e. The summed E-state index contributed by atoms with van der Waals surface area (Å²) in [7, 11) is 0. The lowest BCUT2D eigenvalue weighted by molar-refractivity contribution is 0.0894. The Hall–Kier alpha value is -0.640. The lowest BCUT2D eigenvalue weighted by Crippen LogP contribution is -2.44. The maximum atomic E-state index is 14.3. The van der Waals surface area contributed by atoms with Gasteiger partial charge in [-0.1, -0.05) is 43.5 Å². The van der Waals surface area contributed by atoms with Gasteiger partial charge in [-0.15, -0.1) is 0 Å². The topological polar surface area (TPSA) is 29.3 Å². The first-order valence-corrected chi connectivity index (χ1v) is 7.96. The van der Waals surface area contributed by atoms with E-state index in [4.69, 9.17) is 17.3 Å². The maximum Gasteiger partial charge on any atom is 0.146 e. The van der Waals surface area contributed by atoms with E-state index >= 15 is 0 Å². The smallest absolute Gasteiger partial charge is 0.146 e. The van der Waals surface area contributed by atoms with Crippen LogP contribution >= 0.6 is 11.6 Å². The molecule has 1 aliphatic rings. The summed E-state index contributed by atoms with van der Waals surface area (Å²) in [5, 5.41) is 0.185. The van der Waals surface area contributed by atoms with Crippen LogP contribution in [-0.2, 0) is 0 Å². The molecule has 2 unspecified atom stereocenters. The summed E-state index contributed by atoms with van der Waals surface area (Å²) < 4.78 is 14.3. The standard InChI is InChI=1S/C16H24ClFN2/c1-2-6-12-7-3-4-10-20(12)15(11-19)13-8-5-9-14(17)16(13)18/h5,8-9,12,15H,2-4,6-7,10-11,19H2,1H3. The van der Waals surface area contributed by atoms with Crippen molar-refractivity contribution in [3.05, 3.63) is 34.6 Å². The third-order valence-corrected chi connectivity index (χ3v) is 4.55. The molecule has 0 aliphatic carbocycles. The fourth-order valence-electron chi connectivity index (χ4n) is 3.30. The Balaban J connectivity index is 2.27. The first-order valence-electron chi connectivity index (χ1n) is 7.58. The quantitative estimate of drug-likeness (QED) is 0.885. The second kappa shape index (κ2) is 7.39. The first kappa shape index (κ1) is 15.7. The number of hydrogen-bond donors (Lipinski definition) is 1. The lowest BCUT2D eigenvalue weighted by atomic mass is 9.93. The molecule has 0 amide bonds. The number of likely N-dealkylation sites (tertiary alicyclic amines) is 1. The van der Waals surface area contributed by atoms with E-state index in [1.807, 2.05) is 12.1 Å². The molecule has 1 aromatic rings. The molecule has 2 rings (SSSR count). The summed E-state index contributed by atoms with van der Waals surface area (Å²) in [6, 6.07) is 5.66. The first-order chi connectivity index (χ1) is 9.69. The average molecular weight is 299 g/mol. The molecule has 1 saturated heterocycles. The van der Waals surface area contributed by atoms with Gasteiger partial charge in [0.05, 0.1) is 11.1 Å². The molecule has 1 fully saturated rings. The predicted molar refractivity (Wildman–Crippen MR) is 82.5 cm³/mol. The van der Waals surface area contributed by atoms with Crippen LogP contribution in [0.1, 0.15) is 50.6 Å². The van der Waals surface area contributed by atoms with Crippen LogP contribution in [0.5, 0.6) is 0 Å². The van der Waals surface area contributed by atoms with Gasteiger partial charge in [-0.05, 0) is 31.9 Å². The van der Waals surface area contributed by atoms with E-state index in [-0.39, 0.29) is 16.9 Å². The average Bonchev–Trinajstić information content (AvgIpc) is 2.46. The van der Waals surface area contributed by atoms with Crippen molar-refractivity contribution in [2.24, 2.45) is 5.73 Å². The number of piperidine rings is 1. The number of nitrogens with zero attached hydrogens (tertiary/aromatic N) is 1. The van der Waals surface area contributed by atoms with Gasteiger partial charge < -0.3 is 5.73 Å². The molecule has 0 saturated carbocycles. The molecule has 0 spiro atoms. The Labute approximate surface area is 126 Å². The maximum absolute atomic E-state index is 14.3. The zero-order valence-electron chi connectivity index (χ0n) is 12.1. The zero-order chi connectivity index (χ0) is 14.5. The molecular weight excluding hydrogens is 275 g/mol. The molecule has 2 N–H and O–H groups in total. The summed E-state index contributed by atoms with van der Waals surface area (Å²) in [6.45, 7) is 3.63. The van der Waals surface area contributed by atoms with Gasteiger partial charge in [0.15, 0.2) is 0 Å². The molecule has 20 heavy (non-hydrogen) atoms. The summed E-state index contributed by atoms with van der Waals surface area (Å²) in [5.41, 5.74) is 6.60. The van der Waals surface area contributed by atoms with Crippen molar-refractivity contribution < 1.29 is 4.39 Å². The highest BCUT2D eigenvalue weighted by atomic mass is 35.5. The number of benzene rings is 1. The Morgan fingerprint density at radius 1 is 1.45 bits per heavy atom. The van der Waals surface area contributed by atoms with E-state index in [1.165, 1.54) is 19.3 Å². The van der Waals surface area contributed by atoms with Crippen LogP contribution in [0.15, 0.2) is 18.2 Å². The molecule has 1 aromatic carbocycles. The van der Waals surface area contributed by atoms with Gasteiger partial charge in [-0.3, -0.25) is 4.90 Å². The molecule has 2 nitrogen and oxygen atoms in total. The van der Waals surface area contributed by atoms with E-state index in [2.05, 4.69) is 11.8 Å². The van der Waals surface area contributed by atoms with Gasteiger partial charge in [0, 0.05) is 18.2 Å². The van der Waals surface area contributed by atoms with Gasteiger partial charge >= 0.3 is 0 Å². The van der Waals surface area contributed by atoms with Crippen LogP contribution < -0.4 is 5.73 Å². The van der Waals surface area contributed by atoms with E-state index in [0.717, 1.165) is 19.4 Å². The highest BCUT2D eigenvalue weighted by molar-refractivity contribution is 6.30. The molecule has 112 valence electrons. The van der Waals surface area contributed by atoms with Gasteiger partial charge in [-0.2, -0.15) is 0 Å². The largest absolute Gasteiger partial charge is 0.329 e. The monoisotopic (exact) mass is 298 g/mol. The third-order valence-electron chi connectivity index (χ3n) is 4.26. The number of halogens is 2. The van der Waals surface area contributed by atoms with Crippen molar-refractivity contribution in [3.8, 4) is 0 Å². The minimum absolute atomic E-state index is 0.0643. The molecule has 1 aliphatic heterocycles. The Morgan fingerprint density at radius 3 is 2.95 bits per heavy atom. The van der Waals surface area contributed by atoms with Crippen LogP contribution in [-0.4, -0.2) is 24.0 Å². The molecular formula is C16H24ClFN2. The van der Waals surface area contributed by atoms with Crippen LogP contribution in [0.2, 0.25) is 5.02 Å². The normalized spacial score (nSPS) is 21.9. The van der Waals surface area contributed by atoms with Crippen LogP contribution in [0.4, 0.5) is 4.39 Å². The second-order valence-electron chi connectivity index (χ2n) is 5.57. The van der Waals surface area contributed by atoms with E-state index in [0.29, 0.717) is 18.2 Å². The van der Waals surface area contributed by atoms with Crippen molar-refractivity contribution >= 4 is 11.6 Å². The van der Waals surface area contributed by atoms with Gasteiger partial charge in [0.25, 0.3) is 0 Å². The zero-order valence-corrected chi connectivity index (χ0v) is 12.9. The van der Waals surface area contributed by atoms with Crippen molar-refractivity contribution in [3.63, 3.8) is 0 Å². The minimum atomic E-state index is -0.314. The SMILES string of the molecule is CCCC1CCCCN1C(CN)c1cccc(Cl)c1F. The van der Waals surface area contributed by atoms with Crippen molar-refractivity contribution in [2.45, 2.75) is 51.1 Å². The fraction of sp³-hybridized carbons (Fsp3) is 0.625. The molecule has 0 aromatic heterocycles. The number of nitrogens with two attached hydrogens (primary N) is 1. The summed E-state index contributed by atoms with van der Waals surface area (Å²) in [4.78, 5) is 2.39. The molecule has 2 atom stereocenters. The van der Waals surface area contributed by atoms with Gasteiger partial charge in [0.1, 0.15) is 5.82 Å². The van der Waals surface area contributed by atoms with Gasteiger partial charge in [0.2, 0.25) is 0 Å². The lowest BCUT2D eigenvalue weighted by Gasteiger charge is -2.41. The predicted octanol–water partition coefficient (Wildman–Crippen LogP) is 4.13. The number of rotatable bonds is 5. The van der Waals surface area contributed by atoms with Gasteiger partial charge in [-0.25, -0.2) is 4.39 Å². The highest BCUT2D eigenvalue weighted by Gasteiger charge is 2.30. The van der Waals surface area contributed by atoms with Crippen LogP contribution in [0.3, 0.4) is 0 Å². The molecule has 0 radical (unpaired) electrons. The van der Waals surface area contributed by atoms with E-state index in [9.17, 15) is 4.39 Å². The van der Waals surface area contributed by atoms with Crippen LogP contribution in [0, 0.1) is 5.82 Å². The van der Waals surface area contributed by atoms with E-state index < -0.39 is 0 Å². The second-order valence-corrected chi connectivity index (χ2v) is 5.98. The molecule has 1 heterocycles. The number of hydrogen-bond acceptors (Lipinski definition) is 2. The Kier molecular flexibility index (Phi) is 5.82. The van der Waals surface area contributed by atoms with Crippen molar-refractivity contribution in [2.75, 3.05) is 13.1 Å². The molecule has 0 bridgehead atoms. The summed E-state index contributed by atoms with van der Waals surface area (Å²) in [5.74, 6) is -0.314. The van der Waals surface area contributed by atoms with E-state index in [1.54, 1.807) is 6.07 Å². The highest BCUT2D eigenvalue weighted by Crippen LogP contribution is 2.32. The van der Waals surface area contributed by atoms with Crippen molar-refractivity contribution in [1.82, 2.24) is 4.90 Å². The van der Waals surface area contributed by atoms with Crippen LogP contribution in [0.25, 0.3) is 0 Å². The third kappa shape index (κ3) is 3.33. The summed E-state index contributed by atoms with van der Waals surface area (Å²) in [6.07, 6.45) is 5.91. The fourth-order valence-corrected chi connectivity index (χ4v) is 3.48. The Morgan fingerprint density at radius 2 is 2.25 bits per heavy atom. The molecule has 4 heteroatoms. The Bertz CT molecular complexity index is 436.